The van der Waals surface area contributed by atoms with Crippen molar-refractivity contribution in [3.63, 3.8) is 0 Å². The van der Waals surface area contributed by atoms with E-state index in [1.165, 1.54) is 11.4 Å². The first-order chi connectivity index (χ1) is 15.6. The first-order valence-corrected chi connectivity index (χ1v) is 14.4. The zero-order chi connectivity index (χ0) is 24.1. The highest BCUT2D eigenvalue weighted by atomic mass is 32.2. The van der Waals surface area contributed by atoms with Crippen molar-refractivity contribution in [3.05, 3.63) is 60.2 Å². The Morgan fingerprint density at radius 3 is 2.52 bits per heavy atom. The van der Waals surface area contributed by atoms with Gasteiger partial charge >= 0.3 is 0 Å². The molecule has 2 aromatic rings. The number of nitrogens with zero attached hydrogens (tertiary/aromatic N) is 2. The van der Waals surface area contributed by atoms with E-state index in [9.17, 15) is 21.6 Å². The SMILES string of the molecule is CN(c1cccc(NC(=O)C2CCCN(S(=O)(=O)CCCc3ccccc3)C2)c1)S(C)(=O)=O. The summed E-state index contributed by atoms with van der Waals surface area (Å²) in [5, 5.41) is 2.81. The minimum Gasteiger partial charge on any atom is -0.326 e. The Morgan fingerprint density at radius 1 is 1.09 bits per heavy atom. The quantitative estimate of drug-likeness (QED) is 0.578. The van der Waals surface area contributed by atoms with E-state index in [1.807, 2.05) is 30.3 Å². The summed E-state index contributed by atoms with van der Waals surface area (Å²) in [4.78, 5) is 12.9. The normalized spacial score (nSPS) is 17.5. The number of carbonyl (C=O) groups is 1. The number of aryl methyl sites for hydroxylation is 1. The second-order valence-electron chi connectivity index (χ2n) is 8.37. The van der Waals surface area contributed by atoms with Crippen LogP contribution in [0.5, 0.6) is 0 Å². The van der Waals surface area contributed by atoms with Crippen LogP contribution in [0, 0.1) is 5.92 Å². The molecule has 1 N–H and O–H groups in total. The lowest BCUT2D eigenvalue weighted by Gasteiger charge is -2.31. The molecule has 1 saturated heterocycles. The molecule has 1 amide bonds. The second kappa shape index (κ2) is 10.7. The lowest BCUT2D eigenvalue weighted by Crippen LogP contribution is -2.44. The fourth-order valence-corrected chi connectivity index (χ4v) is 5.94. The molecule has 10 heteroatoms. The standard InChI is InChI=1S/C23H31N3O5S2/c1-25(32(2,28)29)22-14-6-13-21(17-22)24-23(27)20-12-7-15-26(18-20)33(30,31)16-8-11-19-9-4-3-5-10-19/h3-6,9-10,13-14,17,20H,7-8,11-12,15-16,18H2,1-2H3,(H,24,27). The number of amides is 1. The van der Waals surface area contributed by atoms with Gasteiger partial charge in [0.2, 0.25) is 26.0 Å². The molecule has 3 rings (SSSR count). The number of anilines is 2. The highest BCUT2D eigenvalue weighted by Crippen LogP contribution is 2.24. The average molecular weight is 494 g/mol. The molecule has 1 aliphatic rings. The Balaban J connectivity index is 1.59. The van der Waals surface area contributed by atoms with E-state index in [1.54, 1.807) is 24.3 Å². The minimum atomic E-state index is -3.45. The highest BCUT2D eigenvalue weighted by Gasteiger charge is 2.32. The Kier molecular flexibility index (Phi) is 8.14. The molecular formula is C23H31N3O5S2. The van der Waals surface area contributed by atoms with Gasteiger partial charge in [0.05, 0.1) is 23.6 Å². The number of benzene rings is 2. The third-order valence-electron chi connectivity index (χ3n) is 5.83. The third-order valence-corrected chi connectivity index (χ3v) is 8.96. The van der Waals surface area contributed by atoms with Crippen LogP contribution < -0.4 is 9.62 Å². The van der Waals surface area contributed by atoms with Crippen LogP contribution in [0.1, 0.15) is 24.8 Å². The van der Waals surface area contributed by atoms with Crippen LogP contribution in [0.3, 0.4) is 0 Å². The summed E-state index contributed by atoms with van der Waals surface area (Å²) < 4.78 is 51.8. The van der Waals surface area contributed by atoms with Gasteiger partial charge < -0.3 is 5.32 Å². The number of sulfonamides is 2. The number of rotatable bonds is 9. The Bertz CT molecular complexity index is 1170. The summed E-state index contributed by atoms with van der Waals surface area (Å²) >= 11 is 0. The summed E-state index contributed by atoms with van der Waals surface area (Å²) in [5.74, 6) is -0.673. The van der Waals surface area contributed by atoms with Gasteiger partial charge in [-0.15, -0.1) is 0 Å². The highest BCUT2D eigenvalue weighted by molar-refractivity contribution is 7.92. The number of nitrogens with one attached hydrogen (secondary N) is 1. The molecule has 0 radical (unpaired) electrons. The van der Waals surface area contributed by atoms with Crippen molar-refractivity contribution >= 4 is 37.3 Å². The van der Waals surface area contributed by atoms with Gasteiger partial charge in [-0.1, -0.05) is 36.4 Å². The van der Waals surface area contributed by atoms with E-state index in [-0.39, 0.29) is 18.2 Å². The average Bonchev–Trinajstić information content (AvgIpc) is 2.79. The van der Waals surface area contributed by atoms with Gasteiger partial charge in [-0.05, 0) is 49.4 Å². The molecule has 33 heavy (non-hydrogen) atoms. The van der Waals surface area contributed by atoms with Gasteiger partial charge in [0.25, 0.3) is 0 Å². The van der Waals surface area contributed by atoms with Gasteiger partial charge in [0.1, 0.15) is 0 Å². The largest absolute Gasteiger partial charge is 0.326 e. The zero-order valence-electron chi connectivity index (χ0n) is 19.0. The topological polar surface area (TPSA) is 104 Å². The molecule has 1 aliphatic heterocycles. The van der Waals surface area contributed by atoms with Gasteiger partial charge in [0.15, 0.2) is 0 Å². The number of hydrogen-bond acceptors (Lipinski definition) is 5. The molecule has 0 aromatic heterocycles. The second-order valence-corrected chi connectivity index (χ2v) is 12.5. The predicted octanol–water partition coefficient (Wildman–Crippen LogP) is 2.70. The molecule has 0 aliphatic carbocycles. The lowest BCUT2D eigenvalue weighted by atomic mass is 9.98. The van der Waals surface area contributed by atoms with Crippen molar-refractivity contribution in [1.29, 1.82) is 0 Å². The molecule has 180 valence electrons. The molecule has 1 unspecified atom stereocenters. The van der Waals surface area contributed by atoms with Crippen LogP contribution in [0.15, 0.2) is 54.6 Å². The van der Waals surface area contributed by atoms with Crippen molar-refractivity contribution in [3.8, 4) is 0 Å². The van der Waals surface area contributed by atoms with Crippen molar-refractivity contribution in [2.24, 2.45) is 5.92 Å². The molecular weight excluding hydrogens is 462 g/mol. The van der Waals surface area contributed by atoms with Gasteiger partial charge in [-0.2, -0.15) is 0 Å². The summed E-state index contributed by atoms with van der Waals surface area (Å²) in [6.45, 7) is 0.578. The van der Waals surface area contributed by atoms with Crippen LogP contribution in [0.25, 0.3) is 0 Å². The molecule has 0 saturated carbocycles. The van der Waals surface area contributed by atoms with E-state index >= 15 is 0 Å². The summed E-state index contributed by atoms with van der Waals surface area (Å²) in [7, 11) is -5.43. The molecule has 1 heterocycles. The maximum atomic E-state index is 12.9. The fraction of sp³-hybridized carbons (Fsp3) is 0.435. The van der Waals surface area contributed by atoms with Crippen LogP contribution in [0.4, 0.5) is 11.4 Å². The van der Waals surface area contributed by atoms with Gasteiger partial charge in [0, 0.05) is 25.8 Å². The monoisotopic (exact) mass is 493 g/mol. The number of hydrogen-bond donors (Lipinski definition) is 1. The Labute approximate surface area is 196 Å². The maximum Gasteiger partial charge on any atom is 0.231 e. The van der Waals surface area contributed by atoms with E-state index in [2.05, 4.69) is 5.32 Å². The maximum absolute atomic E-state index is 12.9. The molecule has 0 spiro atoms. The van der Waals surface area contributed by atoms with Crippen molar-refractivity contribution < 1.29 is 21.6 Å². The van der Waals surface area contributed by atoms with Crippen molar-refractivity contribution in [1.82, 2.24) is 4.31 Å². The molecule has 1 atom stereocenters. The lowest BCUT2D eigenvalue weighted by molar-refractivity contribution is -0.120. The van der Waals surface area contributed by atoms with Gasteiger partial charge in [-0.3, -0.25) is 9.10 Å². The van der Waals surface area contributed by atoms with Gasteiger partial charge in [-0.25, -0.2) is 21.1 Å². The van der Waals surface area contributed by atoms with Crippen molar-refractivity contribution in [2.45, 2.75) is 25.7 Å². The first kappa shape index (κ1) is 25.2. The fourth-order valence-electron chi connectivity index (χ4n) is 3.86. The Hall–Kier alpha value is -2.43. The van der Waals surface area contributed by atoms with Crippen LogP contribution >= 0.6 is 0 Å². The summed E-state index contributed by atoms with van der Waals surface area (Å²) in [6.07, 6.45) is 3.54. The predicted molar refractivity (Wildman–Crippen MR) is 131 cm³/mol. The molecule has 1 fully saturated rings. The molecule has 8 nitrogen and oxygen atoms in total. The summed E-state index contributed by atoms with van der Waals surface area (Å²) in [6, 6.07) is 16.3. The first-order valence-electron chi connectivity index (χ1n) is 10.9. The van der Waals surface area contributed by atoms with Crippen LogP contribution in [-0.2, 0) is 31.3 Å². The van der Waals surface area contributed by atoms with E-state index in [0.717, 1.165) is 16.1 Å². The molecule has 0 bridgehead atoms. The van der Waals surface area contributed by atoms with E-state index in [4.69, 9.17) is 0 Å². The minimum absolute atomic E-state index is 0.0517. The summed E-state index contributed by atoms with van der Waals surface area (Å²) in [5.41, 5.74) is 2.00. The Morgan fingerprint density at radius 2 is 1.82 bits per heavy atom. The zero-order valence-corrected chi connectivity index (χ0v) is 20.6. The van der Waals surface area contributed by atoms with Crippen molar-refractivity contribution in [2.75, 3.05) is 41.8 Å². The number of carbonyl (C=O) groups excluding carboxylic acids is 1. The van der Waals surface area contributed by atoms with E-state index < -0.39 is 26.0 Å². The third kappa shape index (κ3) is 7.02. The van der Waals surface area contributed by atoms with Crippen LogP contribution in [-0.4, -0.2) is 59.2 Å². The van der Waals surface area contributed by atoms with Crippen LogP contribution in [0.2, 0.25) is 0 Å². The number of piperidine rings is 1. The molecule has 2 aromatic carbocycles. The smallest absolute Gasteiger partial charge is 0.231 e. The van der Waals surface area contributed by atoms with E-state index in [0.29, 0.717) is 43.6 Å².